The molecule has 0 aromatic rings. The van der Waals surface area contributed by atoms with Gasteiger partial charge in [-0.1, -0.05) is 13.3 Å². The molecule has 0 aromatic carbocycles. The lowest BCUT2D eigenvalue weighted by atomic mass is 10.2. The van der Waals surface area contributed by atoms with E-state index in [0.717, 1.165) is 12.8 Å². The van der Waals surface area contributed by atoms with E-state index in [0.29, 0.717) is 0 Å². The van der Waals surface area contributed by atoms with Gasteiger partial charge in [-0.3, -0.25) is 4.79 Å². The molecule has 0 radical (unpaired) electrons. The van der Waals surface area contributed by atoms with Gasteiger partial charge in [0.1, 0.15) is 0 Å². The second kappa shape index (κ2) is 3.78. The number of rotatable bonds is 3. The minimum atomic E-state index is -0.324. The van der Waals surface area contributed by atoms with Crippen molar-refractivity contribution >= 4 is 18.5 Å². The highest BCUT2D eigenvalue weighted by atomic mass is 32.1. The van der Waals surface area contributed by atoms with E-state index in [1.54, 1.807) is 0 Å². The van der Waals surface area contributed by atoms with Crippen molar-refractivity contribution in [2.24, 2.45) is 5.73 Å². The minimum absolute atomic E-state index is 0.250. The third-order valence-corrected chi connectivity index (χ3v) is 1.40. The lowest BCUT2D eigenvalue weighted by Gasteiger charge is -2.00. The molecule has 0 spiro atoms. The van der Waals surface area contributed by atoms with Crippen LogP contribution in [0.1, 0.15) is 19.8 Å². The quantitative estimate of drug-likeness (QED) is 0.543. The lowest BCUT2D eigenvalue weighted by Crippen LogP contribution is -2.23. The van der Waals surface area contributed by atoms with Gasteiger partial charge in [0.05, 0.1) is 5.25 Å². The Morgan fingerprint density at radius 3 is 2.50 bits per heavy atom. The molecular formula is C5H11NOS. The molecule has 0 rings (SSSR count). The van der Waals surface area contributed by atoms with Gasteiger partial charge in [-0.25, -0.2) is 0 Å². The van der Waals surface area contributed by atoms with E-state index in [4.69, 9.17) is 5.73 Å². The summed E-state index contributed by atoms with van der Waals surface area (Å²) in [5.41, 5.74) is 4.91. The van der Waals surface area contributed by atoms with Gasteiger partial charge in [0.15, 0.2) is 0 Å². The van der Waals surface area contributed by atoms with Crippen LogP contribution in [-0.2, 0) is 4.79 Å². The average Bonchev–Trinajstić information content (AvgIpc) is 1.67. The van der Waals surface area contributed by atoms with Crippen molar-refractivity contribution in [1.82, 2.24) is 0 Å². The van der Waals surface area contributed by atoms with E-state index in [1.165, 1.54) is 0 Å². The molecular weight excluding hydrogens is 122 g/mol. The van der Waals surface area contributed by atoms with Gasteiger partial charge in [-0.05, 0) is 6.42 Å². The van der Waals surface area contributed by atoms with Crippen molar-refractivity contribution in [3.05, 3.63) is 0 Å². The maximum atomic E-state index is 10.2. The molecule has 0 aromatic heterocycles. The van der Waals surface area contributed by atoms with Gasteiger partial charge in [-0.15, -0.1) is 0 Å². The van der Waals surface area contributed by atoms with E-state index < -0.39 is 0 Å². The Morgan fingerprint density at radius 2 is 2.38 bits per heavy atom. The molecule has 0 saturated heterocycles. The highest BCUT2D eigenvalue weighted by Crippen LogP contribution is 2.01. The number of amides is 1. The molecule has 0 aliphatic carbocycles. The molecule has 2 nitrogen and oxygen atoms in total. The Balaban J connectivity index is 3.32. The molecule has 0 aliphatic heterocycles. The summed E-state index contributed by atoms with van der Waals surface area (Å²) in [7, 11) is 0. The van der Waals surface area contributed by atoms with Crippen molar-refractivity contribution in [2.75, 3.05) is 0 Å². The lowest BCUT2D eigenvalue weighted by molar-refractivity contribution is -0.117. The molecule has 1 atom stereocenters. The Kier molecular flexibility index (Phi) is 3.69. The number of hydrogen-bond acceptors (Lipinski definition) is 2. The van der Waals surface area contributed by atoms with Crippen LogP contribution in [0.2, 0.25) is 0 Å². The number of carbonyl (C=O) groups is 1. The molecule has 8 heavy (non-hydrogen) atoms. The van der Waals surface area contributed by atoms with Crippen LogP contribution >= 0.6 is 12.6 Å². The highest BCUT2D eigenvalue weighted by molar-refractivity contribution is 7.81. The maximum Gasteiger partial charge on any atom is 0.230 e. The Morgan fingerprint density at radius 1 is 1.88 bits per heavy atom. The summed E-state index contributed by atoms with van der Waals surface area (Å²) in [5, 5.41) is -0.250. The second-order valence-electron chi connectivity index (χ2n) is 1.71. The Labute approximate surface area is 54.9 Å². The van der Waals surface area contributed by atoms with Crippen LogP contribution < -0.4 is 5.73 Å². The zero-order chi connectivity index (χ0) is 6.57. The summed E-state index contributed by atoms with van der Waals surface area (Å²) in [4.78, 5) is 10.2. The Hall–Kier alpha value is -0.180. The van der Waals surface area contributed by atoms with E-state index in [1.807, 2.05) is 6.92 Å². The first-order valence-corrected chi connectivity index (χ1v) is 3.17. The van der Waals surface area contributed by atoms with Gasteiger partial charge in [0.2, 0.25) is 5.91 Å². The molecule has 1 amide bonds. The fourth-order valence-electron chi connectivity index (χ4n) is 0.416. The minimum Gasteiger partial charge on any atom is -0.369 e. The number of primary amides is 1. The topological polar surface area (TPSA) is 43.1 Å². The van der Waals surface area contributed by atoms with E-state index in [-0.39, 0.29) is 11.2 Å². The molecule has 0 fully saturated rings. The largest absolute Gasteiger partial charge is 0.369 e. The Bertz CT molecular complexity index is 84.5. The van der Waals surface area contributed by atoms with Crippen LogP contribution in [-0.4, -0.2) is 11.2 Å². The molecule has 0 bridgehead atoms. The van der Waals surface area contributed by atoms with Crippen molar-refractivity contribution in [3.8, 4) is 0 Å². The average molecular weight is 133 g/mol. The standard InChI is InChI=1S/C5H11NOS/c1-2-3-4(8)5(6)7/h4,8H,2-3H2,1H3,(H2,6,7)/t4-/m0/s1. The number of carbonyl (C=O) groups excluding carboxylic acids is 1. The van der Waals surface area contributed by atoms with Crippen LogP contribution in [0.15, 0.2) is 0 Å². The summed E-state index contributed by atoms with van der Waals surface area (Å²) in [6.07, 6.45) is 1.73. The van der Waals surface area contributed by atoms with Gasteiger partial charge in [-0.2, -0.15) is 12.6 Å². The first-order valence-electron chi connectivity index (χ1n) is 2.66. The van der Waals surface area contributed by atoms with Crippen LogP contribution in [0.4, 0.5) is 0 Å². The van der Waals surface area contributed by atoms with E-state index in [2.05, 4.69) is 12.6 Å². The second-order valence-corrected chi connectivity index (χ2v) is 2.33. The maximum absolute atomic E-state index is 10.2. The predicted octanol–water partition coefficient (Wildman–Crippen LogP) is 0.570. The predicted molar refractivity (Wildman–Crippen MR) is 36.9 cm³/mol. The fourth-order valence-corrected chi connectivity index (χ4v) is 0.674. The van der Waals surface area contributed by atoms with Crippen molar-refractivity contribution in [2.45, 2.75) is 25.0 Å². The summed E-state index contributed by atoms with van der Waals surface area (Å²) in [5.74, 6) is -0.324. The first kappa shape index (κ1) is 7.82. The fraction of sp³-hybridized carbons (Fsp3) is 0.800. The molecule has 0 heterocycles. The first-order chi connectivity index (χ1) is 3.68. The van der Waals surface area contributed by atoms with Gasteiger partial charge in [0.25, 0.3) is 0 Å². The SMILES string of the molecule is CCC[C@H](S)C(N)=O. The van der Waals surface area contributed by atoms with Gasteiger partial charge >= 0.3 is 0 Å². The number of nitrogens with two attached hydrogens (primary N) is 1. The zero-order valence-electron chi connectivity index (χ0n) is 4.92. The number of hydrogen-bond donors (Lipinski definition) is 2. The molecule has 48 valence electrons. The summed E-state index contributed by atoms with van der Waals surface area (Å²) in [6, 6.07) is 0. The molecule has 0 aliphatic rings. The van der Waals surface area contributed by atoms with Gasteiger partial charge < -0.3 is 5.73 Å². The van der Waals surface area contributed by atoms with Crippen LogP contribution in [0.25, 0.3) is 0 Å². The highest BCUT2D eigenvalue weighted by Gasteiger charge is 2.05. The van der Waals surface area contributed by atoms with Crippen LogP contribution in [0.3, 0.4) is 0 Å². The van der Waals surface area contributed by atoms with Crippen molar-refractivity contribution in [3.63, 3.8) is 0 Å². The van der Waals surface area contributed by atoms with E-state index >= 15 is 0 Å². The monoisotopic (exact) mass is 133 g/mol. The normalized spacial score (nSPS) is 13.2. The van der Waals surface area contributed by atoms with Crippen LogP contribution in [0.5, 0.6) is 0 Å². The number of thiol groups is 1. The zero-order valence-corrected chi connectivity index (χ0v) is 5.82. The summed E-state index contributed by atoms with van der Waals surface area (Å²) in [6.45, 7) is 1.99. The third-order valence-electron chi connectivity index (χ3n) is 0.891. The van der Waals surface area contributed by atoms with Crippen molar-refractivity contribution < 1.29 is 4.79 Å². The van der Waals surface area contributed by atoms with Crippen LogP contribution in [0, 0.1) is 0 Å². The van der Waals surface area contributed by atoms with E-state index in [9.17, 15) is 4.79 Å². The molecule has 2 N–H and O–H groups in total. The summed E-state index contributed by atoms with van der Waals surface area (Å²) < 4.78 is 0. The molecule has 3 heteroatoms. The molecule has 0 saturated carbocycles. The molecule has 0 unspecified atom stereocenters. The van der Waals surface area contributed by atoms with Gasteiger partial charge in [0, 0.05) is 0 Å². The third kappa shape index (κ3) is 2.91. The van der Waals surface area contributed by atoms with Crippen molar-refractivity contribution in [1.29, 1.82) is 0 Å². The smallest absolute Gasteiger partial charge is 0.230 e. The summed E-state index contributed by atoms with van der Waals surface area (Å²) >= 11 is 3.93.